The summed E-state index contributed by atoms with van der Waals surface area (Å²) in [4.78, 5) is 35.4. The van der Waals surface area contributed by atoms with Gasteiger partial charge in [0.2, 0.25) is 6.29 Å². The van der Waals surface area contributed by atoms with Crippen LogP contribution in [0.25, 0.3) is 0 Å². The lowest BCUT2D eigenvalue weighted by Gasteiger charge is -2.25. The number of nitrogens with zero attached hydrogens (tertiary/aromatic N) is 1. The molecule has 0 saturated heterocycles. The van der Waals surface area contributed by atoms with E-state index in [-0.39, 0.29) is 19.4 Å². The van der Waals surface area contributed by atoms with Gasteiger partial charge in [-0.25, -0.2) is 9.09 Å². The van der Waals surface area contributed by atoms with Crippen LogP contribution in [0.15, 0.2) is 0 Å². The van der Waals surface area contributed by atoms with E-state index < -0.39 is 32.7 Å². The molecule has 1 N–H and O–H groups in total. The van der Waals surface area contributed by atoms with E-state index in [1.807, 2.05) is 21.1 Å². The summed E-state index contributed by atoms with van der Waals surface area (Å²) in [6.45, 7) is 4.53. The molecule has 0 amide bonds. The fourth-order valence-corrected chi connectivity index (χ4v) is 7.19. The lowest BCUT2D eigenvalue weighted by molar-refractivity contribution is -0.870. The van der Waals surface area contributed by atoms with E-state index in [0.717, 1.165) is 32.1 Å². The quantitative estimate of drug-likeness (QED) is 0.0215. The van der Waals surface area contributed by atoms with Crippen molar-refractivity contribution in [3.63, 3.8) is 0 Å². The smallest absolute Gasteiger partial charge is 0.459 e. The molecule has 0 aliphatic rings. The molecule has 53 heavy (non-hydrogen) atoms. The van der Waals surface area contributed by atoms with Crippen molar-refractivity contribution >= 4 is 19.8 Å². The van der Waals surface area contributed by atoms with E-state index >= 15 is 0 Å². The summed E-state index contributed by atoms with van der Waals surface area (Å²) in [6, 6.07) is 0. The van der Waals surface area contributed by atoms with Gasteiger partial charge in [-0.2, -0.15) is 0 Å². The molecule has 0 saturated carbocycles. The van der Waals surface area contributed by atoms with Crippen LogP contribution in [-0.2, 0) is 32.7 Å². The van der Waals surface area contributed by atoms with E-state index in [2.05, 4.69) is 13.8 Å². The molecule has 10 heteroatoms. The van der Waals surface area contributed by atoms with Crippen molar-refractivity contribution in [1.82, 2.24) is 0 Å². The predicted octanol–water partition coefficient (Wildman–Crippen LogP) is 12.8. The molecular formula is C43H87NO8P+. The number of unbranched alkanes of at least 4 members (excludes halogenated alkanes) is 28. The number of ether oxygens (including phenoxy) is 2. The van der Waals surface area contributed by atoms with Crippen molar-refractivity contribution in [2.75, 3.05) is 40.9 Å². The highest BCUT2D eigenvalue weighted by molar-refractivity contribution is 7.47. The zero-order chi connectivity index (χ0) is 39.3. The van der Waals surface area contributed by atoms with Crippen LogP contribution in [0.2, 0.25) is 0 Å². The van der Waals surface area contributed by atoms with Gasteiger partial charge in [0.15, 0.2) is 6.61 Å². The molecule has 0 aromatic rings. The molecule has 0 spiro atoms. The Bertz CT molecular complexity index is 881. The molecule has 316 valence electrons. The molecule has 0 heterocycles. The molecule has 9 nitrogen and oxygen atoms in total. The SMILES string of the molecule is CCCCCCCCCCCCCCCCCC(=O)OC[C@@H](OC(=O)CCCCCCCCCCCCCCCCC)OP(=O)(O)OCC[N+](C)(C)C. The maximum absolute atomic E-state index is 12.6. The van der Waals surface area contributed by atoms with Gasteiger partial charge in [0, 0.05) is 12.8 Å². The second kappa shape index (κ2) is 36.6. The first kappa shape index (κ1) is 52.0. The molecular weight excluding hydrogens is 689 g/mol. The number of phosphoric ester groups is 1. The number of carbonyl (C=O) groups excluding carboxylic acids is 2. The van der Waals surface area contributed by atoms with E-state index in [4.69, 9.17) is 18.5 Å². The summed E-state index contributed by atoms with van der Waals surface area (Å²) < 4.78 is 34.2. The number of quaternary nitrogens is 1. The van der Waals surface area contributed by atoms with E-state index in [9.17, 15) is 19.0 Å². The number of likely N-dealkylation sites (N-methyl/N-ethyl adjacent to an activating group) is 1. The summed E-state index contributed by atoms with van der Waals surface area (Å²) in [6.07, 6.45) is 36.1. The Labute approximate surface area is 327 Å². The molecule has 1 unspecified atom stereocenters. The highest BCUT2D eigenvalue weighted by atomic mass is 31.2. The summed E-state index contributed by atoms with van der Waals surface area (Å²) in [5.74, 6) is -0.986. The van der Waals surface area contributed by atoms with Crippen molar-refractivity contribution in [1.29, 1.82) is 0 Å². The van der Waals surface area contributed by atoms with Crippen molar-refractivity contribution in [3.05, 3.63) is 0 Å². The summed E-state index contributed by atoms with van der Waals surface area (Å²) in [7, 11) is 1.27. The molecule has 0 aliphatic heterocycles. The van der Waals surface area contributed by atoms with Crippen LogP contribution in [0.3, 0.4) is 0 Å². The minimum absolute atomic E-state index is 0.0178. The van der Waals surface area contributed by atoms with Crippen molar-refractivity contribution < 1.29 is 42.1 Å². The number of hydrogen-bond acceptors (Lipinski definition) is 7. The highest BCUT2D eigenvalue weighted by Gasteiger charge is 2.31. The third-order valence-corrected chi connectivity index (χ3v) is 10.9. The second-order valence-electron chi connectivity index (χ2n) is 16.4. The predicted molar refractivity (Wildman–Crippen MR) is 220 cm³/mol. The Morgan fingerprint density at radius 1 is 0.528 bits per heavy atom. The summed E-state index contributed by atoms with van der Waals surface area (Å²) >= 11 is 0. The third-order valence-electron chi connectivity index (χ3n) is 9.88. The fraction of sp³-hybridized carbons (Fsp3) is 0.953. The van der Waals surface area contributed by atoms with Crippen LogP contribution >= 0.6 is 7.82 Å². The van der Waals surface area contributed by atoms with Crippen LogP contribution in [0.4, 0.5) is 0 Å². The number of esters is 2. The van der Waals surface area contributed by atoms with Crippen LogP contribution in [0.1, 0.15) is 219 Å². The molecule has 0 fully saturated rings. The van der Waals surface area contributed by atoms with Gasteiger partial charge in [-0.1, -0.05) is 194 Å². The first-order chi connectivity index (χ1) is 25.5. The minimum Gasteiger partial charge on any atom is -0.459 e. The van der Waals surface area contributed by atoms with E-state index in [1.165, 1.54) is 148 Å². The minimum atomic E-state index is -4.55. The Balaban J connectivity index is 4.28. The van der Waals surface area contributed by atoms with Gasteiger partial charge in [0.05, 0.1) is 21.1 Å². The average Bonchev–Trinajstić information content (AvgIpc) is 3.09. The number of hydrogen-bond donors (Lipinski definition) is 1. The van der Waals surface area contributed by atoms with Gasteiger partial charge in [0.25, 0.3) is 0 Å². The first-order valence-electron chi connectivity index (χ1n) is 22.3. The highest BCUT2D eigenvalue weighted by Crippen LogP contribution is 2.44. The van der Waals surface area contributed by atoms with Gasteiger partial charge in [-0.05, 0) is 12.8 Å². The zero-order valence-corrected chi connectivity index (χ0v) is 36.4. The van der Waals surface area contributed by atoms with Gasteiger partial charge in [-0.3, -0.25) is 14.1 Å². The fourth-order valence-electron chi connectivity index (χ4n) is 6.42. The molecule has 0 rings (SSSR count). The molecule has 0 aliphatic carbocycles. The number of phosphoric acid groups is 1. The second-order valence-corrected chi connectivity index (χ2v) is 17.8. The van der Waals surface area contributed by atoms with Crippen LogP contribution in [0, 0.1) is 0 Å². The van der Waals surface area contributed by atoms with Crippen molar-refractivity contribution in [2.45, 2.75) is 226 Å². The molecule has 0 aromatic heterocycles. The van der Waals surface area contributed by atoms with Gasteiger partial charge in [0.1, 0.15) is 13.2 Å². The standard InChI is InChI=1S/C43H86NO8P/c1-6-8-10-12-14-16-18-20-22-24-26-28-30-32-34-36-41(45)49-40-43(52-53(47,48)50-39-38-44(3,4)5)51-42(46)37-35-33-31-29-27-25-23-21-19-17-15-13-11-9-7-2/h43H,6-40H2,1-5H3/p+1/t43-/m0/s1. The maximum atomic E-state index is 12.6. The van der Waals surface area contributed by atoms with Crippen LogP contribution in [-0.4, -0.2) is 68.5 Å². The molecule has 0 radical (unpaired) electrons. The number of rotatable bonds is 41. The van der Waals surface area contributed by atoms with E-state index in [0.29, 0.717) is 23.9 Å². The Hall–Kier alpha value is -0.990. The van der Waals surface area contributed by atoms with Crippen molar-refractivity contribution in [2.24, 2.45) is 0 Å². The largest absolute Gasteiger partial charge is 0.475 e. The Morgan fingerprint density at radius 2 is 0.849 bits per heavy atom. The first-order valence-corrected chi connectivity index (χ1v) is 23.8. The number of carbonyl (C=O) groups is 2. The molecule has 2 atom stereocenters. The van der Waals surface area contributed by atoms with Crippen LogP contribution in [0.5, 0.6) is 0 Å². The summed E-state index contributed by atoms with van der Waals surface area (Å²) in [5, 5.41) is 0. The normalized spacial score (nSPS) is 13.5. The van der Waals surface area contributed by atoms with Gasteiger partial charge in [-0.15, -0.1) is 0 Å². The summed E-state index contributed by atoms with van der Waals surface area (Å²) in [5.41, 5.74) is 0. The van der Waals surface area contributed by atoms with Crippen LogP contribution < -0.4 is 0 Å². The topological polar surface area (TPSA) is 108 Å². The Morgan fingerprint density at radius 3 is 1.19 bits per heavy atom. The lowest BCUT2D eigenvalue weighted by atomic mass is 10.0. The Kier molecular flexibility index (Phi) is 36.0. The van der Waals surface area contributed by atoms with E-state index in [1.54, 1.807) is 0 Å². The monoisotopic (exact) mass is 777 g/mol. The third kappa shape index (κ3) is 40.5. The molecule has 0 aromatic carbocycles. The maximum Gasteiger partial charge on any atom is 0.475 e. The average molecular weight is 777 g/mol. The zero-order valence-electron chi connectivity index (χ0n) is 35.5. The lowest BCUT2D eigenvalue weighted by Crippen LogP contribution is -2.37. The van der Waals surface area contributed by atoms with Crippen molar-refractivity contribution in [3.8, 4) is 0 Å². The molecule has 0 bridgehead atoms. The van der Waals surface area contributed by atoms with Gasteiger partial charge >= 0.3 is 19.8 Å². The van der Waals surface area contributed by atoms with Gasteiger partial charge < -0.3 is 18.9 Å².